The van der Waals surface area contributed by atoms with Crippen LogP contribution in [0.5, 0.6) is 5.75 Å². The number of hydrogen-bond donors (Lipinski definition) is 2. The van der Waals surface area contributed by atoms with Crippen molar-refractivity contribution in [2.45, 2.75) is 18.9 Å². The van der Waals surface area contributed by atoms with Gasteiger partial charge in [0.1, 0.15) is 5.75 Å². The summed E-state index contributed by atoms with van der Waals surface area (Å²) in [6.07, 6.45) is 2.42. The lowest BCUT2D eigenvalue weighted by molar-refractivity contribution is 0.475. The fourth-order valence-corrected chi connectivity index (χ4v) is 1.56. The van der Waals surface area contributed by atoms with E-state index in [4.69, 9.17) is 17.3 Å². The molecule has 1 saturated carbocycles. The van der Waals surface area contributed by atoms with Crippen molar-refractivity contribution in [1.82, 2.24) is 5.32 Å². The van der Waals surface area contributed by atoms with E-state index in [0.29, 0.717) is 6.04 Å². The standard InChI is InChI=1S/C11H14N2OS/c1-13(11(15)12-8-2-3-8)9-4-6-10(14)7-5-9/h4-8,14H,2-3H2,1H3,(H,12,15). The van der Waals surface area contributed by atoms with E-state index in [1.165, 1.54) is 12.8 Å². The fourth-order valence-electron chi connectivity index (χ4n) is 1.29. The summed E-state index contributed by atoms with van der Waals surface area (Å²) in [5, 5.41) is 13.2. The normalized spacial score (nSPS) is 14.7. The Morgan fingerprint density at radius 2 is 2.00 bits per heavy atom. The predicted octanol–water partition coefficient (Wildman–Crippen LogP) is 1.87. The third-order valence-corrected chi connectivity index (χ3v) is 2.84. The highest BCUT2D eigenvalue weighted by Gasteiger charge is 2.23. The van der Waals surface area contributed by atoms with E-state index in [1.807, 2.05) is 24.1 Å². The van der Waals surface area contributed by atoms with Crippen molar-refractivity contribution in [1.29, 1.82) is 0 Å². The summed E-state index contributed by atoms with van der Waals surface area (Å²) in [5.74, 6) is 0.272. The Balaban J connectivity index is 2.02. The number of phenols is 1. The quantitative estimate of drug-likeness (QED) is 0.749. The molecule has 15 heavy (non-hydrogen) atoms. The minimum Gasteiger partial charge on any atom is -0.508 e. The van der Waals surface area contributed by atoms with Crippen molar-refractivity contribution < 1.29 is 5.11 Å². The molecule has 80 valence electrons. The topological polar surface area (TPSA) is 35.5 Å². The third-order valence-electron chi connectivity index (χ3n) is 2.45. The zero-order valence-electron chi connectivity index (χ0n) is 8.60. The van der Waals surface area contributed by atoms with Crippen LogP contribution in [0.15, 0.2) is 24.3 Å². The Hall–Kier alpha value is -1.29. The lowest BCUT2D eigenvalue weighted by atomic mass is 10.3. The molecule has 0 radical (unpaired) electrons. The molecule has 0 spiro atoms. The van der Waals surface area contributed by atoms with Crippen molar-refractivity contribution in [3.63, 3.8) is 0 Å². The van der Waals surface area contributed by atoms with Crippen LogP contribution in [-0.2, 0) is 0 Å². The molecular formula is C11H14N2OS. The van der Waals surface area contributed by atoms with Gasteiger partial charge in [-0.1, -0.05) is 0 Å². The smallest absolute Gasteiger partial charge is 0.173 e. The molecule has 2 rings (SSSR count). The van der Waals surface area contributed by atoms with Gasteiger partial charge in [0, 0.05) is 18.8 Å². The average Bonchev–Trinajstić information content (AvgIpc) is 3.02. The molecule has 0 saturated heterocycles. The molecule has 0 unspecified atom stereocenters. The van der Waals surface area contributed by atoms with Gasteiger partial charge in [0.15, 0.2) is 5.11 Å². The first-order valence-electron chi connectivity index (χ1n) is 5.00. The van der Waals surface area contributed by atoms with Crippen LogP contribution in [0.1, 0.15) is 12.8 Å². The van der Waals surface area contributed by atoms with Gasteiger partial charge < -0.3 is 15.3 Å². The van der Waals surface area contributed by atoms with Gasteiger partial charge in [0.05, 0.1) is 0 Å². The zero-order chi connectivity index (χ0) is 10.8. The summed E-state index contributed by atoms with van der Waals surface area (Å²) < 4.78 is 0. The van der Waals surface area contributed by atoms with Crippen LogP contribution in [0.25, 0.3) is 0 Å². The van der Waals surface area contributed by atoms with Crippen molar-refractivity contribution in [2.24, 2.45) is 0 Å². The summed E-state index contributed by atoms with van der Waals surface area (Å²) in [6.45, 7) is 0. The first-order chi connectivity index (χ1) is 7.16. The molecule has 1 aliphatic carbocycles. The highest BCUT2D eigenvalue weighted by atomic mass is 32.1. The van der Waals surface area contributed by atoms with Crippen molar-refractivity contribution in [3.05, 3.63) is 24.3 Å². The Kier molecular flexibility index (Phi) is 2.77. The van der Waals surface area contributed by atoms with E-state index in [-0.39, 0.29) is 5.75 Å². The van der Waals surface area contributed by atoms with Crippen LogP contribution in [-0.4, -0.2) is 23.3 Å². The van der Waals surface area contributed by atoms with Crippen molar-refractivity contribution in [2.75, 3.05) is 11.9 Å². The van der Waals surface area contributed by atoms with E-state index in [1.54, 1.807) is 12.1 Å². The largest absolute Gasteiger partial charge is 0.508 e. The Bertz CT molecular complexity index is 359. The molecule has 1 aromatic rings. The van der Waals surface area contributed by atoms with Gasteiger partial charge in [0.25, 0.3) is 0 Å². The van der Waals surface area contributed by atoms with Crippen molar-refractivity contribution in [3.8, 4) is 5.75 Å². The molecule has 0 bridgehead atoms. The van der Waals surface area contributed by atoms with Gasteiger partial charge in [-0.05, 0) is 49.3 Å². The van der Waals surface area contributed by atoms with E-state index >= 15 is 0 Å². The molecule has 0 atom stereocenters. The predicted molar refractivity (Wildman–Crippen MR) is 65.3 cm³/mol. The molecular weight excluding hydrogens is 208 g/mol. The molecule has 3 nitrogen and oxygen atoms in total. The number of nitrogens with zero attached hydrogens (tertiary/aromatic N) is 1. The minimum absolute atomic E-state index is 0.272. The Morgan fingerprint density at radius 1 is 1.40 bits per heavy atom. The highest BCUT2D eigenvalue weighted by Crippen LogP contribution is 2.21. The van der Waals surface area contributed by atoms with E-state index in [2.05, 4.69) is 5.32 Å². The number of nitrogens with one attached hydrogen (secondary N) is 1. The van der Waals surface area contributed by atoms with E-state index in [9.17, 15) is 0 Å². The number of hydrogen-bond acceptors (Lipinski definition) is 2. The summed E-state index contributed by atoms with van der Waals surface area (Å²) in [6, 6.07) is 7.57. The lowest BCUT2D eigenvalue weighted by Crippen LogP contribution is -2.38. The van der Waals surface area contributed by atoms with Crippen LogP contribution >= 0.6 is 12.2 Å². The fraction of sp³-hybridized carbons (Fsp3) is 0.364. The van der Waals surface area contributed by atoms with Gasteiger partial charge in [-0.2, -0.15) is 0 Å². The van der Waals surface area contributed by atoms with Crippen LogP contribution in [0.4, 0.5) is 5.69 Å². The first kappa shape index (κ1) is 10.2. The van der Waals surface area contributed by atoms with Crippen LogP contribution in [0, 0.1) is 0 Å². The molecule has 0 aromatic heterocycles. The monoisotopic (exact) mass is 222 g/mol. The molecule has 1 fully saturated rings. The SMILES string of the molecule is CN(C(=S)NC1CC1)c1ccc(O)cc1. The molecule has 0 heterocycles. The van der Waals surface area contributed by atoms with E-state index < -0.39 is 0 Å². The second kappa shape index (κ2) is 4.06. The summed E-state index contributed by atoms with van der Waals surface area (Å²) >= 11 is 5.26. The maximum Gasteiger partial charge on any atom is 0.173 e. The lowest BCUT2D eigenvalue weighted by Gasteiger charge is -2.20. The van der Waals surface area contributed by atoms with Crippen LogP contribution < -0.4 is 10.2 Å². The number of anilines is 1. The number of benzene rings is 1. The second-order valence-corrected chi connectivity index (χ2v) is 4.19. The summed E-state index contributed by atoms with van der Waals surface area (Å²) in [4.78, 5) is 1.91. The first-order valence-corrected chi connectivity index (χ1v) is 5.41. The molecule has 0 amide bonds. The second-order valence-electron chi connectivity index (χ2n) is 3.80. The van der Waals surface area contributed by atoms with E-state index in [0.717, 1.165) is 10.8 Å². The zero-order valence-corrected chi connectivity index (χ0v) is 9.42. The maximum atomic E-state index is 9.17. The van der Waals surface area contributed by atoms with Gasteiger partial charge in [-0.15, -0.1) is 0 Å². The number of thiocarbonyl (C=S) groups is 1. The van der Waals surface area contributed by atoms with Gasteiger partial charge >= 0.3 is 0 Å². The molecule has 1 aliphatic rings. The number of rotatable bonds is 2. The minimum atomic E-state index is 0.272. The summed E-state index contributed by atoms with van der Waals surface area (Å²) in [5.41, 5.74) is 0.978. The number of phenolic OH excluding ortho intramolecular Hbond substituents is 1. The Morgan fingerprint density at radius 3 is 2.53 bits per heavy atom. The molecule has 4 heteroatoms. The van der Waals surface area contributed by atoms with Gasteiger partial charge in [-0.25, -0.2) is 0 Å². The van der Waals surface area contributed by atoms with Crippen molar-refractivity contribution >= 4 is 23.0 Å². The third kappa shape index (κ3) is 2.59. The molecule has 1 aromatic carbocycles. The molecule has 2 N–H and O–H groups in total. The molecule has 0 aliphatic heterocycles. The summed E-state index contributed by atoms with van der Waals surface area (Å²) in [7, 11) is 1.92. The highest BCUT2D eigenvalue weighted by molar-refractivity contribution is 7.80. The Labute approximate surface area is 94.7 Å². The number of aromatic hydroxyl groups is 1. The maximum absolute atomic E-state index is 9.17. The van der Waals surface area contributed by atoms with Crippen LogP contribution in [0.2, 0.25) is 0 Å². The van der Waals surface area contributed by atoms with Crippen LogP contribution in [0.3, 0.4) is 0 Å². The van der Waals surface area contributed by atoms with Gasteiger partial charge in [0.2, 0.25) is 0 Å². The van der Waals surface area contributed by atoms with Gasteiger partial charge in [-0.3, -0.25) is 0 Å². The average molecular weight is 222 g/mol.